The first kappa shape index (κ1) is 9.51. The van der Waals surface area contributed by atoms with E-state index in [1.807, 2.05) is 0 Å². The molecule has 0 bridgehead atoms. The van der Waals surface area contributed by atoms with Gasteiger partial charge in [-0.2, -0.15) is 0 Å². The molecule has 0 unspecified atom stereocenters. The van der Waals surface area contributed by atoms with Crippen LogP contribution >= 0.6 is 0 Å². The monoisotopic (exact) mass is 180 g/mol. The Balaban J connectivity index is 3.17. The molecule has 0 aromatic rings. The van der Waals surface area contributed by atoms with Gasteiger partial charge in [0, 0.05) is 12.4 Å². The molecule has 4 nitrogen and oxygen atoms in total. The Kier molecular flexibility index (Phi) is 1.99. The van der Waals surface area contributed by atoms with Crippen molar-refractivity contribution in [3.8, 4) is 0 Å². The average Bonchev–Trinajstić information content (AvgIpc) is 2.20. The molecule has 1 fully saturated rings. The van der Waals surface area contributed by atoms with Crippen molar-refractivity contribution in [2.75, 3.05) is 0 Å². The summed E-state index contributed by atoms with van der Waals surface area (Å²) in [7, 11) is 0. The molecule has 1 saturated heterocycles. The van der Waals surface area contributed by atoms with Crippen LogP contribution in [-0.4, -0.2) is 27.3 Å². The molecule has 0 atom stereocenters. The first-order valence-electron chi connectivity index (χ1n) is 3.89. The van der Waals surface area contributed by atoms with E-state index in [-0.39, 0.29) is 5.91 Å². The molecule has 3 amide bonds. The molecule has 1 rings (SSSR count). The molecule has 0 aliphatic carbocycles. The lowest BCUT2D eigenvalue weighted by atomic mass is 10.1. The minimum Gasteiger partial charge on any atom is -0.286 e. The van der Waals surface area contributed by atoms with Gasteiger partial charge in [-0.15, -0.1) is 0 Å². The van der Waals surface area contributed by atoms with Crippen molar-refractivity contribution in [2.45, 2.75) is 19.4 Å². The fourth-order valence-corrected chi connectivity index (χ4v) is 1.31. The van der Waals surface area contributed by atoms with Gasteiger partial charge in [-0.25, -0.2) is 9.69 Å². The van der Waals surface area contributed by atoms with Crippen LogP contribution in [0, 0.1) is 0 Å². The van der Waals surface area contributed by atoms with E-state index < -0.39 is 11.6 Å². The highest BCUT2D eigenvalue weighted by Gasteiger charge is 2.49. The Bertz CT molecular complexity index is 294. The summed E-state index contributed by atoms with van der Waals surface area (Å²) in [6.07, 6.45) is 2.57. The quantitative estimate of drug-likeness (QED) is 0.601. The van der Waals surface area contributed by atoms with Crippen LogP contribution in [0.3, 0.4) is 0 Å². The number of hydrogen-bond donors (Lipinski definition) is 0. The highest BCUT2D eigenvalue weighted by atomic mass is 16.2. The number of carbonyl (C=O) groups excluding carboxylic acids is 2. The highest BCUT2D eigenvalue weighted by molar-refractivity contribution is 6.07. The van der Waals surface area contributed by atoms with Crippen LogP contribution in [0.2, 0.25) is 0 Å². The maximum Gasteiger partial charge on any atom is 0.335 e. The normalized spacial score (nSPS) is 20.8. The second-order valence-electron chi connectivity index (χ2n) is 3.25. The van der Waals surface area contributed by atoms with E-state index in [0.29, 0.717) is 0 Å². The first-order chi connectivity index (χ1) is 5.96. The Morgan fingerprint density at radius 3 is 2.00 bits per heavy atom. The molecule has 13 heavy (non-hydrogen) atoms. The molecule has 0 aromatic heterocycles. The fraction of sp³-hybridized carbons (Fsp3) is 0.333. The minimum atomic E-state index is -0.854. The van der Waals surface area contributed by atoms with Gasteiger partial charge in [0.2, 0.25) is 0 Å². The molecule has 1 aliphatic heterocycles. The largest absolute Gasteiger partial charge is 0.335 e. The van der Waals surface area contributed by atoms with Crippen molar-refractivity contribution in [1.29, 1.82) is 0 Å². The molecule has 0 aromatic carbocycles. The maximum atomic E-state index is 11.6. The molecular formula is C9H12N2O2. The van der Waals surface area contributed by atoms with E-state index in [2.05, 4.69) is 13.2 Å². The number of hydrogen-bond acceptors (Lipinski definition) is 2. The zero-order valence-corrected chi connectivity index (χ0v) is 7.78. The lowest BCUT2D eigenvalue weighted by Gasteiger charge is -2.23. The zero-order chi connectivity index (χ0) is 10.2. The van der Waals surface area contributed by atoms with Crippen molar-refractivity contribution < 1.29 is 9.59 Å². The van der Waals surface area contributed by atoms with Gasteiger partial charge in [-0.05, 0) is 13.8 Å². The van der Waals surface area contributed by atoms with Crippen LogP contribution in [-0.2, 0) is 4.79 Å². The van der Waals surface area contributed by atoms with Crippen LogP contribution in [0.5, 0.6) is 0 Å². The topological polar surface area (TPSA) is 40.6 Å². The predicted octanol–water partition coefficient (Wildman–Crippen LogP) is 1.32. The van der Waals surface area contributed by atoms with Crippen LogP contribution < -0.4 is 0 Å². The van der Waals surface area contributed by atoms with E-state index in [9.17, 15) is 9.59 Å². The molecular weight excluding hydrogens is 168 g/mol. The summed E-state index contributed by atoms with van der Waals surface area (Å²) in [5.74, 6) is -0.285. The minimum absolute atomic E-state index is 0.285. The number of nitrogens with zero attached hydrogens (tertiary/aromatic N) is 2. The summed E-state index contributed by atoms with van der Waals surface area (Å²) in [4.78, 5) is 25.3. The summed E-state index contributed by atoms with van der Waals surface area (Å²) >= 11 is 0. The first-order valence-corrected chi connectivity index (χ1v) is 3.89. The molecule has 0 saturated carbocycles. The van der Waals surface area contributed by atoms with Crippen molar-refractivity contribution in [1.82, 2.24) is 9.80 Å². The van der Waals surface area contributed by atoms with Crippen molar-refractivity contribution >= 4 is 11.9 Å². The summed E-state index contributed by atoms with van der Waals surface area (Å²) in [6.45, 7) is 10.2. The third-order valence-electron chi connectivity index (χ3n) is 2.12. The smallest absolute Gasteiger partial charge is 0.286 e. The fourth-order valence-electron chi connectivity index (χ4n) is 1.31. The molecule has 1 heterocycles. The van der Waals surface area contributed by atoms with Crippen LogP contribution in [0.1, 0.15) is 13.8 Å². The van der Waals surface area contributed by atoms with Crippen LogP contribution in [0.15, 0.2) is 25.6 Å². The lowest BCUT2D eigenvalue weighted by Crippen LogP contribution is -2.40. The van der Waals surface area contributed by atoms with Gasteiger partial charge in [-0.1, -0.05) is 13.2 Å². The van der Waals surface area contributed by atoms with Gasteiger partial charge >= 0.3 is 6.03 Å². The number of urea groups is 1. The van der Waals surface area contributed by atoms with Gasteiger partial charge < -0.3 is 0 Å². The molecule has 0 spiro atoms. The molecule has 4 heteroatoms. The SMILES string of the molecule is C=CN1C(=O)N(C=C)C(C)(C)C1=O. The van der Waals surface area contributed by atoms with Crippen molar-refractivity contribution in [3.63, 3.8) is 0 Å². The third kappa shape index (κ3) is 1.06. The summed E-state index contributed by atoms with van der Waals surface area (Å²) in [6, 6.07) is -0.403. The lowest BCUT2D eigenvalue weighted by molar-refractivity contribution is -0.129. The predicted molar refractivity (Wildman–Crippen MR) is 48.6 cm³/mol. The van der Waals surface area contributed by atoms with Gasteiger partial charge in [0.25, 0.3) is 5.91 Å². The van der Waals surface area contributed by atoms with Gasteiger partial charge in [0.15, 0.2) is 0 Å². The van der Waals surface area contributed by atoms with Crippen molar-refractivity contribution in [3.05, 3.63) is 25.6 Å². The van der Waals surface area contributed by atoms with Crippen LogP contribution in [0.4, 0.5) is 4.79 Å². The van der Waals surface area contributed by atoms with E-state index >= 15 is 0 Å². The number of amides is 3. The Morgan fingerprint density at radius 2 is 1.77 bits per heavy atom. The maximum absolute atomic E-state index is 11.6. The zero-order valence-electron chi connectivity index (χ0n) is 7.78. The van der Waals surface area contributed by atoms with E-state index in [1.54, 1.807) is 13.8 Å². The van der Waals surface area contributed by atoms with E-state index in [1.165, 1.54) is 17.3 Å². The summed E-state index contributed by atoms with van der Waals surface area (Å²) in [5.41, 5.74) is -0.854. The summed E-state index contributed by atoms with van der Waals surface area (Å²) in [5, 5.41) is 0. The summed E-state index contributed by atoms with van der Waals surface area (Å²) < 4.78 is 0. The number of carbonyl (C=O) groups is 2. The van der Waals surface area contributed by atoms with Crippen molar-refractivity contribution in [2.24, 2.45) is 0 Å². The molecule has 0 radical (unpaired) electrons. The Morgan fingerprint density at radius 1 is 1.23 bits per heavy atom. The highest BCUT2D eigenvalue weighted by Crippen LogP contribution is 2.27. The van der Waals surface area contributed by atoms with Gasteiger partial charge in [-0.3, -0.25) is 9.69 Å². The Hall–Kier alpha value is -1.58. The second-order valence-corrected chi connectivity index (χ2v) is 3.25. The number of imide groups is 1. The van der Waals surface area contributed by atoms with Gasteiger partial charge in [0.1, 0.15) is 5.54 Å². The average molecular weight is 180 g/mol. The third-order valence-corrected chi connectivity index (χ3v) is 2.12. The Labute approximate surface area is 77.1 Å². The van der Waals surface area contributed by atoms with Gasteiger partial charge in [0.05, 0.1) is 0 Å². The molecule has 1 aliphatic rings. The van der Waals surface area contributed by atoms with E-state index in [4.69, 9.17) is 0 Å². The second kappa shape index (κ2) is 2.73. The molecule has 70 valence electrons. The molecule has 0 N–H and O–H groups in total. The van der Waals surface area contributed by atoms with Crippen LogP contribution in [0.25, 0.3) is 0 Å². The number of rotatable bonds is 2. The van der Waals surface area contributed by atoms with E-state index in [0.717, 1.165) is 4.90 Å². The standard InChI is InChI=1S/C9H12N2O2/c1-5-10-7(12)9(3,4)11(6-2)8(10)13/h5-6H,1-2H2,3-4H3.